The second-order valence-electron chi connectivity index (χ2n) is 3.89. The molecule has 0 aliphatic rings. The van der Waals surface area contributed by atoms with Crippen molar-refractivity contribution in [2.45, 2.75) is 13.5 Å². The van der Waals surface area contributed by atoms with Gasteiger partial charge in [0, 0.05) is 26.6 Å². The van der Waals surface area contributed by atoms with Crippen molar-refractivity contribution in [3.8, 4) is 0 Å². The van der Waals surface area contributed by atoms with Crippen LogP contribution in [0.3, 0.4) is 0 Å². The van der Waals surface area contributed by atoms with Crippen molar-refractivity contribution in [3.63, 3.8) is 0 Å². The number of hydrogen-bond donors (Lipinski definition) is 1. The Morgan fingerprint density at radius 3 is 2.94 bits per heavy atom. The average Bonchev–Trinajstić information content (AvgIpc) is 2.68. The molecule has 1 heterocycles. The summed E-state index contributed by atoms with van der Waals surface area (Å²) in [7, 11) is 0. The maximum absolute atomic E-state index is 10.8. The molecule has 0 saturated carbocycles. The molecule has 0 aliphatic carbocycles. The normalized spacial score (nSPS) is 10.8. The van der Waals surface area contributed by atoms with Crippen LogP contribution < -0.4 is 0 Å². The number of nitro groups is 1. The largest absolute Gasteiger partial charge is 0.395 e. The Bertz CT molecular complexity index is 416. The van der Waals surface area contributed by atoms with Crippen molar-refractivity contribution in [2.24, 2.45) is 0 Å². The smallest absolute Gasteiger partial charge is 0.342 e. The summed E-state index contributed by atoms with van der Waals surface area (Å²) >= 11 is 0. The maximum Gasteiger partial charge on any atom is 0.342 e. The minimum atomic E-state index is -0.441. The Labute approximate surface area is 106 Å². The van der Waals surface area contributed by atoms with Gasteiger partial charge in [0.2, 0.25) is 0 Å². The highest BCUT2D eigenvalue weighted by atomic mass is 16.6. The topological polar surface area (TPSA) is 84.4 Å². The molecule has 1 aromatic rings. The van der Waals surface area contributed by atoms with Crippen molar-refractivity contribution in [1.82, 2.24) is 14.5 Å². The van der Waals surface area contributed by atoms with Crippen LogP contribution in [0.15, 0.2) is 18.9 Å². The third kappa shape index (κ3) is 3.64. The van der Waals surface area contributed by atoms with Gasteiger partial charge in [0.05, 0.1) is 6.61 Å². The standard InChI is InChI=1S/C11H18N4O3/c1-3-4-13(7-8-16)5-6-14-10(2)12-9-11(14)15(17)18/h3,9,16H,1,4-8H2,2H3. The number of aromatic nitrogens is 2. The fraction of sp³-hybridized carbons (Fsp3) is 0.545. The third-order valence-electron chi connectivity index (χ3n) is 2.66. The first-order valence-corrected chi connectivity index (χ1v) is 5.70. The summed E-state index contributed by atoms with van der Waals surface area (Å²) in [6.45, 7) is 7.66. The summed E-state index contributed by atoms with van der Waals surface area (Å²) in [4.78, 5) is 16.3. The highest BCUT2D eigenvalue weighted by Crippen LogP contribution is 2.13. The maximum atomic E-state index is 10.8. The molecule has 0 fully saturated rings. The lowest BCUT2D eigenvalue weighted by molar-refractivity contribution is -0.392. The van der Waals surface area contributed by atoms with E-state index in [9.17, 15) is 10.1 Å². The zero-order valence-electron chi connectivity index (χ0n) is 10.4. The zero-order chi connectivity index (χ0) is 13.5. The molecule has 1 aromatic heterocycles. The Morgan fingerprint density at radius 1 is 1.67 bits per heavy atom. The summed E-state index contributed by atoms with van der Waals surface area (Å²) in [6, 6.07) is 0. The fourth-order valence-electron chi connectivity index (χ4n) is 1.74. The molecule has 18 heavy (non-hydrogen) atoms. The van der Waals surface area contributed by atoms with E-state index in [0.717, 1.165) is 0 Å². The second kappa shape index (κ2) is 6.87. The van der Waals surface area contributed by atoms with Gasteiger partial charge in [0.1, 0.15) is 12.7 Å². The van der Waals surface area contributed by atoms with Crippen LogP contribution in [-0.4, -0.2) is 50.7 Å². The molecule has 7 nitrogen and oxygen atoms in total. The minimum Gasteiger partial charge on any atom is -0.395 e. The monoisotopic (exact) mass is 254 g/mol. The number of aliphatic hydroxyl groups is 1. The van der Waals surface area contributed by atoms with Crippen molar-refractivity contribution in [3.05, 3.63) is 34.8 Å². The predicted octanol–water partition coefficient (Wildman–Crippen LogP) is 0.580. The van der Waals surface area contributed by atoms with Gasteiger partial charge in [-0.1, -0.05) is 6.08 Å². The van der Waals surface area contributed by atoms with Crippen LogP contribution in [0.4, 0.5) is 5.82 Å². The van der Waals surface area contributed by atoms with E-state index in [1.165, 1.54) is 6.20 Å². The Kier molecular flexibility index (Phi) is 5.47. The van der Waals surface area contributed by atoms with E-state index >= 15 is 0 Å². The van der Waals surface area contributed by atoms with Gasteiger partial charge in [-0.25, -0.2) is 9.55 Å². The lowest BCUT2D eigenvalue weighted by Crippen LogP contribution is -2.30. The van der Waals surface area contributed by atoms with Gasteiger partial charge in [-0.05, 0) is 4.92 Å². The van der Waals surface area contributed by atoms with E-state index in [1.807, 2.05) is 4.90 Å². The number of aryl methyl sites for hydroxylation is 1. The van der Waals surface area contributed by atoms with Crippen LogP contribution in [0.25, 0.3) is 0 Å². The van der Waals surface area contributed by atoms with Gasteiger partial charge in [-0.2, -0.15) is 0 Å². The highest BCUT2D eigenvalue weighted by Gasteiger charge is 2.17. The lowest BCUT2D eigenvalue weighted by atomic mass is 10.4. The van der Waals surface area contributed by atoms with Crippen LogP contribution in [0.5, 0.6) is 0 Å². The number of aliphatic hydroxyl groups excluding tert-OH is 1. The summed E-state index contributed by atoms with van der Waals surface area (Å²) in [5, 5.41) is 19.7. The van der Waals surface area contributed by atoms with Crippen LogP contribution in [0.1, 0.15) is 5.82 Å². The van der Waals surface area contributed by atoms with Crippen LogP contribution in [0, 0.1) is 17.0 Å². The van der Waals surface area contributed by atoms with Crippen molar-refractivity contribution >= 4 is 5.82 Å². The number of rotatable bonds is 8. The third-order valence-corrected chi connectivity index (χ3v) is 2.66. The molecule has 0 spiro atoms. The van der Waals surface area contributed by atoms with E-state index in [4.69, 9.17) is 5.11 Å². The quantitative estimate of drug-likeness (QED) is 0.417. The number of hydrogen-bond acceptors (Lipinski definition) is 5. The van der Waals surface area contributed by atoms with Crippen LogP contribution in [-0.2, 0) is 6.54 Å². The first kappa shape index (κ1) is 14.3. The zero-order valence-corrected chi connectivity index (χ0v) is 10.4. The van der Waals surface area contributed by atoms with Crippen LogP contribution >= 0.6 is 0 Å². The lowest BCUT2D eigenvalue weighted by Gasteiger charge is -2.18. The molecule has 0 bridgehead atoms. The molecule has 0 aliphatic heterocycles. The molecule has 1 rings (SSSR count). The first-order chi connectivity index (χ1) is 8.60. The molecule has 100 valence electrons. The molecule has 0 radical (unpaired) electrons. The summed E-state index contributed by atoms with van der Waals surface area (Å²) < 4.78 is 1.56. The summed E-state index contributed by atoms with van der Waals surface area (Å²) in [6.07, 6.45) is 3.00. The summed E-state index contributed by atoms with van der Waals surface area (Å²) in [5.74, 6) is 0.610. The Morgan fingerprint density at radius 2 is 2.39 bits per heavy atom. The second-order valence-corrected chi connectivity index (χ2v) is 3.89. The van der Waals surface area contributed by atoms with E-state index in [-0.39, 0.29) is 12.4 Å². The molecule has 0 saturated heterocycles. The summed E-state index contributed by atoms with van der Waals surface area (Å²) in [5.41, 5.74) is 0. The van der Waals surface area contributed by atoms with Gasteiger partial charge < -0.3 is 15.2 Å². The number of imidazole rings is 1. The molecule has 1 N–H and O–H groups in total. The average molecular weight is 254 g/mol. The van der Waals surface area contributed by atoms with E-state index in [2.05, 4.69) is 11.6 Å². The van der Waals surface area contributed by atoms with Gasteiger partial charge in [0.15, 0.2) is 5.82 Å². The molecule has 0 atom stereocenters. The van der Waals surface area contributed by atoms with Crippen LogP contribution in [0.2, 0.25) is 0 Å². The first-order valence-electron chi connectivity index (χ1n) is 5.70. The van der Waals surface area contributed by atoms with Crippen molar-refractivity contribution < 1.29 is 10.0 Å². The van der Waals surface area contributed by atoms with E-state index < -0.39 is 4.92 Å². The SMILES string of the molecule is C=CCN(CCO)CCn1c([N+](=O)[O-])cnc1C. The van der Waals surface area contributed by atoms with Crippen molar-refractivity contribution in [1.29, 1.82) is 0 Å². The molecule has 0 aromatic carbocycles. The van der Waals surface area contributed by atoms with E-state index in [0.29, 0.717) is 32.0 Å². The molecular formula is C11H18N4O3. The van der Waals surface area contributed by atoms with Gasteiger partial charge in [0.25, 0.3) is 0 Å². The van der Waals surface area contributed by atoms with E-state index in [1.54, 1.807) is 17.6 Å². The predicted molar refractivity (Wildman–Crippen MR) is 67.3 cm³/mol. The highest BCUT2D eigenvalue weighted by molar-refractivity contribution is 5.18. The van der Waals surface area contributed by atoms with Gasteiger partial charge >= 0.3 is 5.82 Å². The van der Waals surface area contributed by atoms with Crippen molar-refractivity contribution in [2.75, 3.05) is 26.2 Å². The molecule has 7 heteroatoms. The van der Waals surface area contributed by atoms with Gasteiger partial charge in [-0.3, -0.25) is 4.90 Å². The Hall–Kier alpha value is -1.73. The number of nitrogens with zero attached hydrogens (tertiary/aromatic N) is 4. The minimum absolute atomic E-state index is 0.00458. The van der Waals surface area contributed by atoms with Gasteiger partial charge in [-0.15, -0.1) is 6.58 Å². The Balaban J connectivity index is 2.69. The molecule has 0 amide bonds. The molecule has 0 unspecified atom stereocenters. The molecular weight excluding hydrogens is 236 g/mol. The fourth-order valence-corrected chi connectivity index (χ4v) is 1.74.